The predicted octanol–water partition coefficient (Wildman–Crippen LogP) is -0.924. The van der Waals surface area contributed by atoms with Crippen LogP contribution in [0.2, 0.25) is 0 Å². The van der Waals surface area contributed by atoms with Crippen molar-refractivity contribution in [3.63, 3.8) is 0 Å². The van der Waals surface area contributed by atoms with Crippen LogP contribution in [0.3, 0.4) is 0 Å². The van der Waals surface area contributed by atoms with Gasteiger partial charge in [-0.2, -0.15) is 0 Å². The maximum absolute atomic E-state index is 11.7. The highest BCUT2D eigenvalue weighted by molar-refractivity contribution is 5.97. The van der Waals surface area contributed by atoms with Crippen molar-refractivity contribution in [3.05, 3.63) is 35.4 Å². The van der Waals surface area contributed by atoms with Crippen LogP contribution in [-0.4, -0.2) is 29.6 Å². The lowest BCUT2D eigenvalue weighted by atomic mass is 10.1. The van der Waals surface area contributed by atoms with E-state index in [1.807, 2.05) is 12.3 Å². The summed E-state index contributed by atoms with van der Waals surface area (Å²) in [5, 5.41) is 11.3. The molecule has 0 heterocycles. The molecule has 6 nitrogen and oxygen atoms in total. The molecule has 2 amide bonds. The Bertz CT molecular complexity index is 403. The van der Waals surface area contributed by atoms with Gasteiger partial charge in [-0.05, 0) is 19.1 Å². The number of rotatable bonds is 4. The molecular formula is C11H15N3O3. The fraction of sp³-hybridized carbons (Fsp3) is 0.273. The van der Waals surface area contributed by atoms with Gasteiger partial charge in [0.05, 0.1) is 6.61 Å². The van der Waals surface area contributed by atoms with Gasteiger partial charge in [-0.15, -0.1) is 0 Å². The highest BCUT2D eigenvalue weighted by Crippen LogP contribution is 2.03. The zero-order chi connectivity index (χ0) is 12.8. The van der Waals surface area contributed by atoms with E-state index in [2.05, 4.69) is 5.32 Å². The number of benzene rings is 1. The second-order valence-corrected chi connectivity index (χ2v) is 3.58. The van der Waals surface area contributed by atoms with Gasteiger partial charge in [0.2, 0.25) is 0 Å². The fourth-order valence-electron chi connectivity index (χ4n) is 1.24. The first kappa shape index (κ1) is 13.1. The molecule has 1 aromatic rings. The Balaban J connectivity index is 2.71. The van der Waals surface area contributed by atoms with Gasteiger partial charge in [-0.3, -0.25) is 15.0 Å². The summed E-state index contributed by atoms with van der Waals surface area (Å²) in [5.41, 5.74) is 3.31. The second-order valence-electron chi connectivity index (χ2n) is 3.58. The van der Waals surface area contributed by atoms with Gasteiger partial charge in [0, 0.05) is 5.56 Å². The van der Waals surface area contributed by atoms with E-state index in [0.717, 1.165) is 5.56 Å². The molecule has 17 heavy (non-hydrogen) atoms. The van der Waals surface area contributed by atoms with Crippen LogP contribution in [0.25, 0.3) is 0 Å². The van der Waals surface area contributed by atoms with Crippen LogP contribution >= 0.6 is 0 Å². The van der Waals surface area contributed by atoms with E-state index in [0.29, 0.717) is 5.56 Å². The van der Waals surface area contributed by atoms with Crippen molar-refractivity contribution in [2.45, 2.75) is 13.0 Å². The van der Waals surface area contributed by atoms with E-state index in [4.69, 9.17) is 10.9 Å². The average molecular weight is 237 g/mol. The van der Waals surface area contributed by atoms with E-state index in [1.165, 1.54) is 0 Å². The van der Waals surface area contributed by atoms with Crippen LogP contribution in [-0.2, 0) is 4.79 Å². The number of aliphatic hydroxyl groups excluding tert-OH is 1. The third-order valence-electron chi connectivity index (χ3n) is 2.26. The lowest BCUT2D eigenvalue weighted by Gasteiger charge is -2.14. The summed E-state index contributed by atoms with van der Waals surface area (Å²) < 4.78 is 0. The maximum atomic E-state index is 11.7. The summed E-state index contributed by atoms with van der Waals surface area (Å²) in [5.74, 6) is 3.84. The molecule has 5 N–H and O–H groups in total. The summed E-state index contributed by atoms with van der Waals surface area (Å²) in [6, 6.07) is 5.80. The summed E-state index contributed by atoms with van der Waals surface area (Å²) in [7, 11) is 0. The minimum Gasteiger partial charge on any atom is -0.394 e. The van der Waals surface area contributed by atoms with Gasteiger partial charge >= 0.3 is 0 Å². The van der Waals surface area contributed by atoms with E-state index < -0.39 is 24.5 Å². The van der Waals surface area contributed by atoms with Crippen LogP contribution in [0, 0.1) is 6.92 Å². The molecule has 0 aliphatic rings. The largest absolute Gasteiger partial charge is 0.394 e. The average Bonchev–Trinajstić information content (AvgIpc) is 2.35. The van der Waals surface area contributed by atoms with Crippen molar-refractivity contribution in [2.75, 3.05) is 6.61 Å². The Kier molecular flexibility index (Phi) is 4.62. The molecule has 0 fully saturated rings. The molecule has 0 radical (unpaired) electrons. The Morgan fingerprint density at radius 2 is 1.94 bits per heavy atom. The molecule has 0 bridgehead atoms. The van der Waals surface area contributed by atoms with Crippen LogP contribution in [0.5, 0.6) is 0 Å². The molecule has 0 aliphatic heterocycles. The van der Waals surface area contributed by atoms with Crippen molar-refractivity contribution in [2.24, 2.45) is 5.84 Å². The number of aryl methyl sites for hydroxylation is 1. The summed E-state index contributed by atoms with van der Waals surface area (Å²) in [6.07, 6.45) is 0. The van der Waals surface area contributed by atoms with Crippen molar-refractivity contribution in [3.8, 4) is 0 Å². The predicted molar refractivity (Wildman–Crippen MR) is 61.8 cm³/mol. The van der Waals surface area contributed by atoms with Gasteiger partial charge in [0.1, 0.15) is 6.04 Å². The molecule has 0 unspecified atom stereocenters. The first-order valence-corrected chi connectivity index (χ1v) is 5.07. The maximum Gasteiger partial charge on any atom is 0.258 e. The number of hydrogen-bond acceptors (Lipinski definition) is 4. The van der Waals surface area contributed by atoms with Gasteiger partial charge < -0.3 is 10.4 Å². The first-order chi connectivity index (χ1) is 8.08. The molecule has 1 atom stereocenters. The van der Waals surface area contributed by atoms with Crippen LogP contribution < -0.4 is 16.6 Å². The smallest absolute Gasteiger partial charge is 0.258 e. The highest BCUT2D eigenvalue weighted by Gasteiger charge is 2.19. The van der Waals surface area contributed by atoms with E-state index >= 15 is 0 Å². The molecule has 0 saturated carbocycles. The summed E-state index contributed by atoms with van der Waals surface area (Å²) >= 11 is 0. The molecule has 0 saturated heterocycles. The molecule has 0 aliphatic carbocycles. The minimum absolute atomic E-state index is 0.416. The lowest BCUT2D eigenvalue weighted by molar-refractivity contribution is -0.123. The van der Waals surface area contributed by atoms with E-state index in [-0.39, 0.29) is 0 Å². The Labute approximate surface area is 98.8 Å². The molecule has 1 aromatic carbocycles. The summed E-state index contributed by atoms with van der Waals surface area (Å²) in [4.78, 5) is 22.9. The zero-order valence-corrected chi connectivity index (χ0v) is 9.43. The van der Waals surface area contributed by atoms with Crippen LogP contribution in [0.15, 0.2) is 24.3 Å². The second kappa shape index (κ2) is 5.97. The number of carbonyl (C=O) groups excluding carboxylic acids is 2. The monoisotopic (exact) mass is 237 g/mol. The van der Waals surface area contributed by atoms with Gasteiger partial charge in [0.25, 0.3) is 11.8 Å². The lowest BCUT2D eigenvalue weighted by Crippen LogP contribution is -2.50. The third-order valence-corrected chi connectivity index (χ3v) is 2.26. The number of aliphatic hydroxyl groups is 1. The van der Waals surface area contributed by atoms with Crippen molar-refractivity contribution in [1.82, 2.24) is 10.7 Å². The number of carbonyl (C=O) groups is 2. The number of nitrogens with one attached hydrogen (secondary N) is 2. The molecular weight excluding hydrogens is 222 g/mol. The molecule has 1 rings (SSSR count). The SMILES string of the molecule is Cc1ccc(C(=O)N[C@H](CO)C(=O)NN)cc1. The topological polar surface area (TPSA) is 104 Å². The first-order valence-electron chi connectivity index (χ1n) is 5.07. The van der Waals surface area contributed by atoms with E-state index in [9.17, 15) is 9.59 Å². The van der Waals surface area contributed by atoms with Gasteiger partial charge in [0.15, 0.2) is 0 Å². The number of hydrazine groups is 1. The van der Waals surface area contributed by atoms with Crippen molar-refractivity contribution >= 4 is 11.8 Å². The normalized spacial score (nSPS) is 11.7. The van der Waals surface area contributed by atoms with E-state index in [1.54, 1.807) is 24.3 Å². The van der Waals surface area contributed by atoms with Gasteiger partial charge in [-0.1, -0.05) is 17.7 Å². The summed E-state index contributed by atoms with van der Waals surface area (Å²) in [6.45, 7) is 1.39. The Morgan fingerprint density at radius 1 is 1.35 bits per heavy atom. The quantitative estimate of drug-likeness (QED) is 0.308. The number of amides is 2. The molecule has 0 aromatic heterocycles. The van der Waals surface area contributed by atoms with Crippen molar-refractivity contribution in [1.29, 1.82) is 0 Å². The van der Waals surface area contributed by atoms with Crippen LogP contribution in [0.4, 0.5) is 0 Å². The van der Waals surface area contributed by atoms with Crippen molar-refractivity contribution < 1.29 is 14.7 Å². The molecule has 0 spiro atoms. The standard InChI is InChI=1S/C11H15N3O3/c1-7-2-4-8(5-3-7)10(16)13-9(6-15)11(17)14-12/h2-5,9,15H,6,12H2,1H3,(H,13,16)(H,14,17)/t9-/m1/s1. The minimum atomic E-state index is -1.05. The Hall–Kier alpha value is -1.92. The third kappa shape index (κ3) is 3.54. The zero-order valence-electron chi connectivity index (χ0n) is 9.43. The van der Waals surface area contributed by atoms with Gasteiger partial charge in [-0.25, -0.2) is 5.84 Å². The number of hydrogen-bond donors (Lipinski definition) is 4. The highest BCUT2D eigenvalue weighted by atomic mass is 16.3. The van der Waals surface area contributed by atoms with Crippen LogP contribution in [0.1, 0.15) is 15.9 Å². The molecule has 92 valence electrons. The molecule has 6 heteroatoms. The Morgan fingerprint density at radius 3 is 2.41 bits per heavy atom. The fourth-order valence-corrected chi connectivity index (χ4v) is 1.24. The number of nitrogens with two attached hydrogens (primary N) is 1.